The van der Waals surface area contributed by atoms with Gasteiger partial charge in [0.15, 0.2) is 0 Å². The Morgan fingerprint density at radius 2 is 1.68 bits per heavy atom. The van der Waals surface area contributed by atoms with E-state index in [1.165, 1.54) is 48.9 Å². The third kappa shape index (κ3) is 8.61. The summed E-state index contributed by atoms with van der Waals surface area (Å²) in [6.07, 6.45) is 6.16. The van der Waals surface area contributed by atoms with Crippen LogP contribution in [0.1, 0.15) is 72.6 Å². The number of ketones is 1. The Balaban J connectivity index is 2.88. The molecule has 1 amide bonds. The lowest BCUT2D eigenvalue weighted by Gasteiger charge is -2.19. The molecule has 0 heterocycles. The first-order valence-corrected chi connectivity index (χ1v) is 12.3. The highest BCUT2D eigenvalue weighted by atomic mass is 32.2. The van der Waals surface area contributed by atoms with Crippen LogP contribution in [0.15, 0.2) is 23.1 Å². The maximum absolute atomic E-state index is 13.0. The van der Waals surface area contributed by atoms with Crippen molar-refractivity contribution < 1.29 is 22.7 Å². The molecule has 0 spiro atoms. The van der Waals surface area contributed by atoms with Crippen LogP contribution in [0, 0.1) is 5.41 Å². The first kappa shape index (κ1) is 27.1. The Kier molecular flexibility index (Phi) is 10.7. The number of sulfonamides is 1. The average molecular weight is 455 g/mol. The highest BCUT2D eigenvalue weighted by Crippen LogP contribution is 2.29. The number of methoxy groups -OCH3 is 1. The van der Waals surface area contributed by atoms with E-state index in [1.54, 1.807) is 27.8 Å². The number of ether oxygens (including phenoxy) is 1. The van der Waals surface area contributed by atoms with Gasteiger partial charge >= 0.3 is 0 Å². The minimum atomic E-state index is -3.71. The molecule has 0 aliphatic heterocycles. The van der Waals surface area contributed by atoms with Crippen LogP contribution in [-0.2, 0) is 19.6 Å². The highest BCUT2D eigenvalue weighted by Gasteiger charge is 2.25. The zero-order valence-electron chi connectivity index (χ0n) is 19.8. The van der Waals surface area contributed by atoms with Crippen LogP contribution in [-0.4, -0.2) is 45.1 Å². The topological polar surface area (TPSA) is 92.8 Å². The molecule has 31 heavy (non-hydrogen) atoms. The van der Waals surface area contributed by atoms with E-state index >= 15 is 0 Å². The molecule has 8 heteroatoms. The Labute approximate surface area is 187 Å². The second kappa shape index (κ2) is 12.2. The number of hydrogen-bond donors (Lipinski definition) is 1. The summed E-state index contributed by atoms with van der Waals surface area (Å²) in [5.74, 6) is -0.381. The zero-order valence-corrected chi connectivity index (χ0v) is 20.6. The quantitative estimate of drug-likeness (QED) is 0.347. The molecule has 0 aliphatic rings. The maximum Gasteiger partial charge on any atom is 0.242 e. The summed E-state index contributed by atoms with van der Waals surface area (Å²) in [6.45, 7) is 7.83. The van der Waals surface area contributed by atoms with E-state index < -0.39 is 21.3 Å². The molecule has 1 aromatic rings. The molecule has 176 valence electrons. The first-order valence-electron chi connectivity index (χ1n) is 10.9. The lowest BCUT2D eigenvalue weighted by molar-refractivity contribution is -0.130. The standard InChI is InChI=1S/C23H38N2O5S/c1-7-8-9-10-11-12-15-25(5)31(28,29)18-13-14-20(30-6)19(16-18)24-22(27)17-21(26)23(2,3)4/h13-14,16H,7-12,15,17H2,1-6H3,(H,24,27). The number of carbonyl (C=O) groups excluding carboxylic acids is 2. The number of carbonyl (C=O) groups is 2. The summed E-state index contributed by atoms with van der Waals surface area (Å²) in [7, 11) is -0.710. The summed E-state index contributed by atoms with van der Waals surface area (Å²) in [6, 6.07) is 4.35. The van der Waals surface area contributed by atoms with Gasteiger partial charge < -0.3 is 10.1 Å². The molecule has 1 aromatic carbocycles. The Hall–Kier alpha value is -1.93. The van der Waals surface area contributed by atoms with Gasteiger partial charge in [-0.2, -0.15) is 0 Å². The highest BCUT2D eigenvalue weighted by molar-refractivity contribution is 7.89. The molecule has 0 radical (unpaired) electrons. The van der Waals surface area contributed by atoms with Crippen molar-refractivity contribution in [2.45, 2.75) is 77.5 Å². The Morgan fingerprint density at radius 3 is 2.26 bits per heavy atom. The summed E-state index contributed by atoms with van der Waals surface area (Å²) < 4.78 is 32.5. The van der Waals surface area contributed by atoms with E-state index in [-0.39, 0.29) is 22.8 Å². The third-order valence-electron chi connectivity index (χ3n) is 5.14. The molecule has 1 N–H and O–H groups in total. The summed E-state index contributed by atoms with van der Waals surface area (Å²) in [5.41, 5.74) is -0.408. The van der Waals surface area contributed by atoms with E-state index in [1.807, 2.05) is 0 Å². The van der Waals surface area contributed by atoms with E-state index in [4.69, 9.17) is 4.74 Å². The van der Waals surface area contributed by atoms with Crippen LogP contribution < -0.4 is 10.1 Å². The van der Waals surface area contributed by atoms with Gasteiger partial charge in [0.2, 0.25) is 15.9 Å². The largest absolute Gasteiger partial charge is 0.495 e. The van der Waals surface area contributed by atoms with Gasteiger partial charge in [0.1, 0.15) is 11.5 Å². The Morgan fingerprint density at radius 1 is 1.06 bits per heavy atom. The lowest BCUT2D eigenvalue weighted by Crippen LogP contribution is -2.28. The van der Waals surface area contributed by atoms with E-state index in [0.29, 0.717) is 12.3 Å². The van der Waals surface area contributed by atoms with Gasteiger partial charge in [-0.1, -0.05) is 59.8 Å². The van der Waals surface area contributed by atoms with Gasteiger partial charge in [0, 0.05) is 19.0 Å². The Bertz CT molecular complexity index is 844. The molecule has 1 rings (SSSR count). The van der Waals surface area contributed by atoms with Crippen molar-refractivity contribution in [1.82, 2.24) is 4.31 Å². The number of rotatable bonds is 13. The van der Waals surface area contributed by atoms with Crippen molar-refractivity contribution in [2.75, 3.05) is 26.0 Å². The van der Waals surface area contributed by atoms with Crippen molar-refractivity contribution in [3.8, 4) is 5.75 Å². The minimum absolute atomic E-state index is 0.0687. The molecular weight excluding hydrogens is 416 g/mol. The molecule has 0 saturated carbocycles. The summed E-state index contributed by atoms with van der Waals surface area (Å²) in [5, 5.41) is 2.62. The van der Waals surface area contributed by atoms with Crippen LogP contribution in [0.25, 0.3) is 0 Å². The number of unbranched alkanes of at least 4 members (excludes halogenated alkanes) is 5. The number of benzene rings is 1. The lowest BCUT2D eigenvalue weighted by atomic mass is 9.89. The summed E-state index contributed by atoms with van der Waals surface area (Å²) in [4.78, 5) is 24.5. The number of nitrogens with zero attached hydrogens (tertiary/aromatic N) is 1. The van der Waals surface area contributed by atoms with Crippen molar-refractivity contribution in [3.63, 3.8) is 0 Å². The van der Waals surface area contributed by atoms with Crippen LogP contribution in [0.3, 0.4) is 0 Å². The second-order valence-electron chi connectivity index (χ2n) is 8.85. The molecular formula is C23H38N2O5S. The number of Topliss-reactive ketones (excluding diaryl/α,β-unsaturated/α-hetero) is 1. The van der Waals surface area contributed by atoms with Gasteiger partial charge in [-0.3, -0.25) is 9.59 Å². The number of anilines is 1. The molecule has 0 unspecified atom stereocenters. The smallest absolute Gasteiger partial charge is 0.242 e. The minimum Gasteiger partial charge on any atom is -0.495 e. The SMILES string of the molecule is CCCCCCCCN(C)S(=O)(=O)c1ccc(OC)c(NC(=O)CC(=O)C(C)(C)C)c1. The average Bonchev–Trinajstić information content (AvgIpc) is 2.69. The fourth-order valence-electron chi connectivity index (χ4n) is 2.97. The molecule has 0 aliphatic carbocycles. The van der Waals surface area contributed by atoms with Crippen molar-refractivity contribution >= 4 is 27.4 Å². The van der Waals surface area contributed by atoms with E-state index in [9.17, 15) is 18.0 Å². The molecule has 0 aromatic heterocycles. The third-order valence-corrected chi connectivity index (χ3v) is 6.99. The van der Waals surface area contributed by atoms with Gasteiger partial charge in [0.05, 0.1) is 24.1 Å². The summed E-state index contributed by atoms with van der Waals surface area (Å²) >= 11 is 0. The van der Waals surface area contributed by atoms with E-state index in [2.05, 4.69) is 12.2 Å². The predicted molar refractivity (Wildman–Crippen MR) is 124 cm³/mol. The maximum atomic E-state index is 13.0. The van der Waals surface area contributed by atoms with Gasteiger partial charge in [-0.15, -0.1) is 0 Å². The second-order valence-corrected chi connectivity index (χ2v) is 10.9. The monoisotopic (exact) mass is 454 g/mol. The van der Waals surface area contributed by atoms with Crippen LogP contribution in [0.4, 0.5) is 5.69 Å². The van der Waals surface area contributed by atoms with Gasteiger partial charge in [0.25, 0.3) is 0 Å². The first-order chi connectivity index (χ1) is 14.4. The predicted octanol–water partition coefficient (Wildman–Crippen LogP) is 4.62. The van der Waals surface area contributed by atoms with Crippen molar-refractivity contribution in [1.29, 1.82) is 0 Å². The molecule has 0 fully saturated rings. The number of hydrogen-bond acceptors (Lipinski definition) is 5. The van der Waals surface area contributed by atoms with Crippen LogP contribution in [0.5, 0.6) is 5.75 Å². The molecule has 7 nitrogen and oxygen atoms in total. The van der Waals surface area contributed by atoms with Crippen molar-refractivity contribution in [3.05, 3.63) is 18.2 Å². The molecule has 0 atom stereocenters. The fraction of sp³-hybridized carbons (Fsp3) is 0.652. The normalized spacial score (nSPS) is 12.1. The van der Waals surface area contributed by atoms with Crippen molar-refractivity contribution in [2.24, 2.45) is 5.41 Å². The zero-order chi connectivity index (χ0) is 23.7. The van der Waals surface area contributed by atoms with E-state index in [0.717, 1.165) is 19.3 Å². The molecule has 0 saturated heterocycles. The number of nitrogens with one attached hydrogen (secondary N) is 1. The number of amides is 1. The fourth-order valence-corrected chi connectivity index (χ4v) is 4.20. The molecule has 0 bridgehead atoms. The van der Waals surface area contributed by atoms with Crippen LogP contribution >= 0.6 is 0 Å². The van der Waals surface area contributed by atoms with Gasteiger partial charge in [-0.05, 0) is 24.6 Å². The van der Waals surface area contributed by atoms with Crippen LogP contribution in [0.2, 0.25) is 0 Å². The van der Waals surface area contributed by atoms with Gasteiger partial charge in [-0.25, -0.2) is 12.7 Å².